The van der Waals surface area contributed by atoms with E-state index in [0.717, 1.165) is 0 Å². The Labute approximate surface area is 70.9 Å². The number of aliphatic imine (C=N–C) groups is 1. The third-order valence-electron chi connectivity index (χ3n) is 0.977. The van der Waals surface area contributed by atoms with Crippen molar-refractivity contribution in [3.8, 4) is 0 Å². The molecule has 0 fully saturated rings. The molecule has 1 unspecified atom stereocenters. The molecular weight excluding hydrogens is 170 g/mol. The average molecular weight is 182 g/mol. The molecule has 0 aromatic rings. The molecule has 0 heterocycles. The van der Waals surface area contributed by atoms with Gasteiger partial charge in [0.2, 0.25) is 0 Å². The van der Waals surface area contributed by atoms with E-state index in [9.17, 15) is 4.79 Å². The Hall–Kier alpha value is -0.970. The maximum absolute atomic E-state index is 10.2. The number of hydrogen-bond donors (Lipinski definition) is 3. The monoisotopic (exact) mass is 181 g/mol. The molecule has 66 valence electrons. The standard InChI is InChI=1S/C5H11N3O2.ClH/c1-2-3(4(9)10)8-5(6)7;/h3H,2H2,1H3,(H,9,10)(H4,6,7,8);1H. The number of carboxylic acid groups (broad SMARTS) is 1. The maximum Gasteiger partial charge on any atom is 0.328 e. The van der Waals surface area contributed by atoms with Crippen molar-refractivity contribution in [2.75, 3.05) is 0 Å². The van der Waals surface area contributed by atoms with Gasteiger partial charge in [-0.15, -0.1) is 12.4 Å². The van der Waals surface area contributed by atoms with Crippen LogP contribution >= 0.6 is 12.4 Å². The highest BCUT2D eigenvalue weighted by atomic mass is 35.5. The minimum atomic E-state index is -1.00. The van der Waals surface area contributed by atoms with Gasteiger partial charge >= 0.3 is 5.97 Å². The summed E-state index contributed by atoms with van der Waals surface area (Å²) in [5.74, 6) is -1.19. The Kier molecular flexibility index (Phi) is 6.67. The molecule has 1 atom stereocenters. The Morgan fingerprint density at radius 1 is 1.64 bits per heavy atom. The van der Waals surface area contributed by atoms with Crippen molar-refractivity contribution in [2.24, 2.45) is 16.5 Å². The zero-order valence-corrected chi connectivity index (χ0v) is 6.97. The first-order valence-electron chi connectivity index (χ1n) is 2.89. The molecular formula is C5H12ClN3O2. The lowest BCUT2D eigenvalue weighted by atomic mass is 10.2. The number of nitrogens with two attached hydrogens (primary N) is 2. The van der Waals surface area contributed by atoms with Crippen LogP contribution in [-0.4, -0.2) is 23.1 Å². The minimum Gasteiger partial charge on any atom is -0.480 e. The van der Waals surface area contributed by atoms with Crippen LogP contribution in [0.15, 0.2) is 4.99 Å². The number of hydrogen-bond acceptors (Lipinski definition) is 2. The minimum absolute atomic E-state index is 0. The quantitative estimate of drug-likeness (QED) is 0.405. The Morgan fingerprint density at radius 2 is 2.09 bits per heavy atom. The van der Waals surface area contributed by atoms with Crippen molar-refractivity contribution in [1.29, 1.82) is 0 Å². The molecule has 0 aliphatic carbocycles. The summed E-state index contributed by atoms with van der Waals surface area (Å²) < 4.78 is 0. The molecule has 0 saturated carbocycles. The van der Waals surface area contributed by atoms with Crippen LogP contribution in [0, 0.1) is 0 Å². The lowest BCUT2D eigenvalue weighted by Crippen LogP contribution is -2.28. The molecule has 11 heavy (non-hydrogen) atoms. The van der Waals surface area contributed by atoms with E-state index in [-0.39, 0.29) is 18.4 Å². The van der Waals surface area contributed by atoms with E-state index in [1.807, 2.05) is 0 Å². The Morgan fingerprint density at radius 3 is 2.18 bits per heavy atom. The van der Waals surface area contributed by atoms with E-state index in [0.29, 0.717) is 6.42 Å². The molecule has 5 N–H and O–H groups in total. The molecule has 0 radical (unpaired) electrons. The van der Waals surface area contributed by atoms with Crippen LogP contribution in [0.4, 0.5) is 0 Å². The van der Waals surface area contributed by atoms with Gasteiger partial charge in [0.05, 0.1) is 0 Å². The summed E-state index contributed by atoms with van der Waals surface area (Å²) in [7, 11) is 0. The molecule has 0 aliphatic heterocycles. The van der Waals surface area contributed by atoms with Gasteiger partial charge in [0.25, 0.3) is 0 Å². The van der Waals surface area contributed by atoms with Crippen molar-refractivity contribution in [3.05, 3.63) is 0 Å². The van der Waals surface area contributed by atoms with E-state index in [1.165, 1.54) is 0 Å². The first-order valence-corrected chi connectivity index (χ1v) is 2.89. The van der Waals surface area contributed by atoms with Crippen LogP contribution in [0.1, 0.15) is 13.3 Å². The van der Waals surface area contributed by atoms with Gasteiger partial charge in [-0.25, -0.2) is 9.79 Å². The second-order valence-electron chi connectivity index (χ2n) is 1.82. The van der Waals surface area contributed by atoms with Crippen LogP contribution < -0.4 is 11.5 Å². The lowest BCUT2D eigenvalue weighted by molar-refractivity contribution is -0.138. The molecule has 0 aromatic carbocycles. The average Bonchev–Trinajstić information content (AvgIpc) is 1.81. The lowest BCUT2D eigenvalue weighted by Gasteiger charge is -2.02. The van der Waals surface area contributed by atoms with Gasteiger partial charge in [-0.3, -0.25) is 0 Å². The number of halogens is 1. The van der Waals surface area contributed by atoms with E-state index in [1.54, 1.807) is 6.92 Å². The van der Waals surface area contributed by atoms with Crippen LogP contribution in [0.3, 0.4) is 0 Å². The molecule has 0 bridgehead atoms. The van der Waals surface area contributed by atoms with Gasteiger partial charge in [0, 0.05) is 0 Å². The third-order valence-corrected chi connectivity index (χ3v) is 0.977. The van der Waals surface area contributed by atoms with Gasteiger partial charge in [-0.1, -0.05) is 6.92 Å². The van der Waals surface area contributed by atoms with Crippen LogP contribution in [-0.2, 0) is 4.79 Å². The fourth-order valence-electron chi connectivity index (χ4n) is 0.501. The van der Waals surface area contributed by atoms with Gasteiger partial charge in [-0.05, 0) is 6.42 Å². The molecule has 0 amide bonds. The number of nitrogens with zero attached hydrogens (tertiary/aromatic N) is 1. The van der Waals surface area contributed by atoms with E-state index in [4.69, 9.17) is 16.6 Å². The number of carbonyl (C=O) groups is 1. The van der Waals surface area contributed by atoms with E-state index < -0.39 is 12.0 Å². The first-order chi connectivity index (χ1) is 4.57. The summed E-state index contributed by atoms with van der Waals surface area (Å²) in [5, 5.41) is 8.40. The first kappa shape index (κ1) is 12.7. The number of guanidine groups is 1. The zero-order chi connectivity index (χ0) is 8.15. The van der Waals surface area contributed by atoms with Crippen molar-refractivity contribution in [3.63, 3.8) is 0 Å². The predicted molar refractivity (Wildman–Crippen MR) is 44.8 cm³/mol. The topological polar surface area (TPSA) is 102 Å². The summed E-state index contributed by atoms with van der Waals surface area (Å²) in [4.78, 5) is 13.7. The second-order valence-corrected chi connectivity index (χ2v) is 1.82. The van der Waals surface area contributed by atoms with Crippen LogP contribution in [0.2, 0.25) is 0 Å². The van der Waals surface area contributed by atoms with Crippen molar-refractivity contribution in [1.82, 2.24) is 0 Å². The molecule has 5 nitrogen and oxygen atoms in total. The summed E-state index contributed by atoms with van der Waals surface area (Å²) in [5.41, 5.74) is 9.94. The van der Waals surface area contributed by atoms with Crippen LogP contribution in [0.5, 0.6) is 0 Å². The number of rotatable bonds is 3. The van der Waals surface area contributed by atoms with E-state index in [2.05, 4.69) is 4.99 Å². The highest BCUT2D eigenvalue weighted by molar-refractivity contribution is 5.85. The van der Waals surface area contributed by atoms with Crippen molar-refractivity contribution >= 4 is 24.3 Å². The molecule has 0 aromatic heterocycles. The highest BCUT2D eigenvalue weighted by Crippen LogP contribution is 1.95. The summed E-state index contributed by atoms with van der Waals surface area (Å²) in [6, 6.07) is -0.801. The summed E-state index contributed by atoms with van der Waals surface area (Å²) in [6.07, 6.45) is 0.396. The fourth-order valence-corrected chi connectivity index (χ4v) is 0.501. The smallest absolute Gasteiger partial charge is 0.328 e. The van der Waals surface area contributed by atoms with Crippen molar-refractivity contribution in [2.45, 2.75) is 19.4 Å². The molecule has 0 rings (SSSR count). The Bertz CT molecular complexity index is 156. The largest absolute Gasteiger partial charge is 0.480 e. The molecule has 0 aliphatic rings. The second kappa shape index (κ2) is 5.79. The normalized spacial score (nSPS) is 11.0. The molecule has 6 heteroatoms. The van der Waals surface area contributed by atoms with Gasteiger partial charge in [0.15, 0.2) is 12.0 Å². The van der Waals surface area contributed by atoms with Crippen molar-refractivity contribution < 1.29 is 9.90 Å². The number of aliphatic carboxylic acids is 1. The third kappa shape index (κ3) is 5.47. The van der Waals surface area contributed by atoms with E-state index >= 15 is 0 Å². The van der Waals surface area contributed by atoms with Gasteiger partial charge in [0.1, 0.15) is 0 Å². The zero-order valence-electron chi connectivity index (χ0n) is 6.15. The maximum atomic E-state index is 10.2. The molecule has 0 spiro atoms. The SMILES string of the molecule is CCC(N=C(N)N)C(=O)O.Cl. The fraction of sp³-hybridized carbons (Fsp3) is 0.600. The van der Waals surface area contributed by atoms with Gasteiger partial charge < -0.3 is 16.6 Å². The number of carboxylic acids is 1. The van der Waals surface area contributed by atoms with Crippen LogP contribution in [0.25, 0.3) is 0 Å². The summed E-state index contributed by atoms with van der Waals surface area (Å²) in [6.45, 7) is 1.70. The summed E-state index contributed by atoms with van der Waals surface area (Å²) >= 11 is 0. The van der Waals surface area contributed by atoms with Gasteiger partial charge in [-0.2, -0.15) is 0 Å². The molecule has 0 saturated heterocycles. The Balaban J connectivity index is 0. The predicted octanol–water partition coefficient (Wildman–Crippen LogP) is -0.455. The highest BCUT2D eigenvalue weighted by Gasteiger charge is 2.12.